The molecule has 2 fully saturated rings. The van der Waals surface area contributed by atoms with Gasteiger partial charge in [-0.3, -0.25) is 19.8 Å². The lowest BCUT2D eigenvalue weighted by molar-refractivity contribution is -0.125. The predicted molar refractivity (Wildman–Crippen MR) is 150 cm³/mol. The highest BCUT2D eigenvalue weighted by molar-refractivity contribution is 7.13. The Morgan fingerprint density at radius 2 is 2.00 bits per heavy atom. The minimum absolute atomic E-state index is 0.0131. The highest BCUT2D eigenvalue weighted by Gasteiger charge is 2.30. The summed E-state index contributed by atoms with van der Waals surface area (Å²) >= 11 is 1.36. The number of likely N-dealkylation sites (tertiary alicyclic amines) is 1. The summed E-state index contributed by atoms with van der Waals surface area (Å²) in [6.07, 6.45) is 9.95. The molecule has 3 N–H and O–H groups in total. The highest BCUT2D eigenvalue weighted by atomic mass is 32.1. The third-order valence-corrected chi connectivity index (χ3v) is 7.92. The maximum atomic E-state index is 12.8. The van der Waals surface area contributed by atoms with Crippen molar-refractivity contribution in [2.45, 2.75) is 31.3 Å². The van der Waals surface area contributed by atoms with Crippen LogP contribution < -0.4 is 11.1 Å². The number of likely N-dealkylation sites (N-methyl/N-ethyl adjacent to an activating group) is 1. The maximum absolute atomic E-state index is 12.8. The Balaban J connectivity index is 1.21. The van der Waals surface area contributed by atoms with Gasteiger partial charge in [-0.2, -0.15) is 5.10 Å². The van der Waals surface area contributed by atoms with Gasteiger partial charge in [-0.05, 0) is 38.4 Å². The molecule has 200 valence electrons. The number of anilines is 2. The van der Waals surface area contributed by atoms with Crippen LogP contribution in [-0.4, -0.2) is 79.1 Å². The summed E-state index contributed by atoms with van der Waals surface area (Å²) in [6, 6.07) is 7.78. The second-order valence-electron chi connectivity index (χ2n) is 9.92. The fourth-order valence-electron chi connectivity index (χ4n) is 4.92. The molecule has 0 radical (unpaired) electrons. The van der Waals surface area contributed by atoms with Crippen molar-refractivity contribution in [3.05, 3.63) is 59.9 Å². The second-order valence-corrected chi connectivity index (χ2v) is 10.8. The molecule has 39 heavy (non-hydrogen) atoms. The Hall–Kier alpha value is -4.16. The molecule has 0 bridgehead atoms. The van der Waals surface area contributed by atoms with E-state index in [0.29, 0.717) is 52.4 Å². The Labute approximate surface area is 229 Å². The number of nitrogens with one attached hydrogen (secondary N) is 1. The van der Waals surface area contributed by atoms with Crippen molar-refractivity contribution in [3.63, 3.8) is 0 Å². The van der Waals surface area contributed by atoms with Crippen LogP contribution in [0, 0.1) is 0 Å². The number of thiazole rings is 1. The molecule has 0 spiro atoms. The van der Waals surface area contributed by atoms with Crippen molar-refractivity contribution in [1.29, 1.82) is 0 Å². The summed E-state index contributed by atoms with van der Waals surface area (Å²) in [7, 11) is 2.09. The lowest BCUT2D eigenvalue weighted by Crippen LogP contribution is -2.28. The van der Waals surface area contributed by atoms with Gasteiger partial charge in [0.25, 0.3) is 5.91 Å². The van der Waals surface area contributed by atoms with Gasteiger partial charge < -0.3 is 10.6 Å². The van der Waals surface area contributed by atoms with Gasteiger partial charge in [0.2, 0.25) is 5.91 Å². The smallest absolute Gasteiger partial charge is 0.257 e. The van der Waals surface area contributed by atoms with Gasteiger partial charge in [0.15, 0.2) is 10.8 Å². The minimum Gasteiger partial charge on any atom is -0.383 e. The van der Waals surface area contributed by atoms with Gasteiger partial charge in [-0.25, -0.2) is 19.6 Å². The Morgan fingerprint density at radius 3 is 2.74 bits per heavy atom. The van der Waals surface area contributed by atoms with Gasteiger partial charge in [0, 0.05) is 54.5 Å². The molecule has 12 heteroatoms. The van der Waals surface area contributed by atoms with E-state index >= 15 is 0 Å². The summed E-state index contributed by atoms with van der Waals surface area (Å²) in [4.78, 5) is 42.3. The van der Waals surface area contributed by atoms with E-state index in [4.69, 9.17) is 10.8 Å². The largest absolute Gasteiger partial charge is 0.383 e. The van der Waals surface area contributed by atoms with Crippen LogP contribution >= 0.6 is 11.3 Å². The minimum atomic E-state index is -0.237. The molecule has 1 aliphatic heterocycles. The van der Waals surface area contributed by atoms with Crippen LogP contribution in [-0.2, 0) is 4.79 Å². The fourth-order valence-corrected chi connectivity index (χ4v) is 5.44. The Kier molecular flexibility index (Phi) is 6.79. The SMILES string of the molecule is CN(C/C=C/C(=O)N1CC[C@@H](n2nc(-c3ccc(C(=O)Nc4nccs4)cc3)c3c(N)ncnc32)C1)C1CC1. The standard InChI is InChI=1S/C27H29N9O2S/c1-34(19-8-9-19)12-2-3-21(37)35-13-10-20(15-35)36-25-22(24(28)30-16-31-25)23(33-36)17-4-6-18(7-5-17)26(38)32-27-29-11-14-39-27/h2-7,11,14,16,19-20H,8-10,12-13,15H2,1H3,(H2,28,30,31)(H,29,32,38)/b3-2+/t20-/m1/s1. The van der Waals surface area contributed by atoms with E-state index in [9.17, 15) is 9.59 Å². The van der Waals surface area contributed by atoms with Crippen molar-refractivity contribution in [1.82, 2.24) is 34.5 Å². The number of hydrogen-bond donors (Lipinski definition) is 2. The van der Waals surface area contributed by atoms with E-state index in [-0.39, 0.29) is 17.9 Å². The van der Waals surface area contributed by atoms with E-state index in [1.54, 1.807) is 29.8 Å². The van der Waals surface area contributed by atoms with Gasteiger partial charge in [-0.15, -0.1) is 11.3 Å². The third-order valence-electron chi connectivity index (χ3n) is 7.24. The molecule has 4 heterocycles. The number of aromatic nitrogens is 5. The molecule has 1 aliphatic carbocycles. The summed E-state index contributed by atoms with van der Waals surface area (Å²) in [5.41, 5.74) is 8.85. The normalized spacial score (nSPS) is 17.5. The fraction of sp³-hybridized carbons (Fsp3) is 0.333. The van der Waals surface area contributed by atoms with Gasteiger partial charge >= 0.3 is 0 Å². The van der Waals surface area contributed by atoms with Crippen LogP contribution in [0.4, 0.5) is 10.9 Å². The van der Waals surface area contributed by atoms with Crippen LogP contribution in [0.3, 0.4) is 0 Å². The van der Waals surface area contributed by atoms with E-state index in [0.717, 1.165) is 18.5 Å². The lowest BCUT2D eigenvalue weighted by atomic mass is 10.1. The first kappa shape index (κ1) is 25.1. The number of nitrogens with zero attached hydrogens (tertiary/aromatic N) is 7. The number of amides is 2. The number of fused-ring (bicyclic) bond motifs is 1. The van der Waals surface area contributed by atoms with Crippen LogP contribution in [0.5, 0.6) is 0 Å². The Morgan fingerprint density at radius 1 is 1.18 bits per heavy atom. The molecule has 2 aliphatic rings. The number of carbonyl (C=O) groups is 2. The van der Waals surface area contributed by atoms with Gasteiger partial charge in [-0.1, -0.05) is 18.2 Å². The highest BCUT2D eigenvalue weighted by Crippen LogP contribution is 2.34. The average Bonchev–Trinajstić information content (AvgIpc) is 3.29. The lowest BCUT2D eigenvalue weighted by Gasteiger charge is -2.16. The van der Waals surface area contributed by atoms with Crippen LogP contribution in [0.25, 0.3) is 22.3 Å². The van der Waals surface area contributed by atoms with Crippen LogP contribution in [0.1, 0.15) is 35.7 Å². The molecule has 3 aromatic heterocycles. The molecule has 0 unspecified atom stereocenters. The number of benzene rings is 1. The van der Waals surface area contributed by atoms with Crippen LogP contribution in [0.15, 0.2) is 54.3 Å². The van der Waals surface area contributed by atoms with Crippen molar-refractivity contribution in [2.75, 3.05) is 37.7 Å². The first-order valence-electron chi connectivity index (χ1n) is 12.9. The zero-order valence-corrected chi connectivity index (χ0v) is 22.3. The number of hydrogen-bond acceptors (Lipinski definition) is 9. The Bertz CT molecular complexity index is 1530. The monoisotopic (exact) mass is 543 g/mol. The second kappa shape index (κ2) is 10.5. The zero-order valence-electron chi connectivity index (χ0n) is 21.5. The molecule has 1 atom stereocenters. The van der Waals surface area contributed by atoms with E-state index in [1.165, 1.54) is 30.5 Å². The molecule has 6 rings (SSSR count). The molecule has 11 nitrogen and oxygen atoms in total. The number of nitrogens with two attached hydrogens (primary N) is 1. The molecular formula is C27H29N9O2S. The van der Waals surface area contributed by atoms with Gasteiger partial charge in [0.05, 0.1) is 11.4 Å². The van der Waals surface area contributed by atoms with E-state index < -0.39 is 0 Å². The topological polar surface area (TPSA) is 135 Å². The maximum Gasteiger partial charge on any atom is 0.257 e. The third kappa shape index (κ3) is 5.25. The zero-order chi connectivity index (χ0) is 26.9. The van der Waals surface area contributed by atoms with E-state index in [2.05, 4.69) is 32.2 Å². The number of carbonyl (C=O) groups excluding carboxylic acids is 2. The summed E-state index contributed by atoms with van der Waals surface area (Å²) in [6.45, 7) is 1.96. The number of rotatable bonds is 8. The first-order valence-corrected chi connectivity index (χ1v) is 13.8. The van der Waals surface area contributed by atoms with Crippen molar-refractivity contribution >= 4 is 45.1 Å². The van der Waals surface area contributed by atoms with Crippen molar-refractivity contribution < 1.29 is 9.59 Å². The molecule has 1 saturated heterocycles. The quantitative estimate of drug-likeness (QED) is 0.324. The van der Waals surface area contributed by atoms with Gasteiger partial charge in [0.1, 0.15) is 17.8 Å². The first-order chi connectivity index (χ1) is 19.0. The average molecular weight is 544 g/mol. The molecule has 2 amide bonds. The molecule has 1 saturated carbocycles. The van der Waals surface area contributed by atoms with E-state index in [1.807, 2.05) is 27.8 Å². The van der Waals surface area contributed by atoms with Crippen molar-refractivity contribution in [3.8, 4) is 11.3 Å². The summed E-state index contributed by atoms with van der Waals surface area (Å²) < 4.78 is 1.86. The van der Waals surface area contributed by atoms with Crippen LogP contribution in [0.2, 0.25) is 0 Å². The molecular weight excluding hydrogens is 514 g/mol. The summed E-state index contributed by atoms with van der Waals surface area (Å²) in [5.74, 6) is 0.110. The molecule has 1 aromatic carbocycles. The number of nitrogen functional groups attached to an aromatic ring is 1. The molecule has 4 aromatic rings. The van der Waals surface area contributed by atoms with Crippen molar-refractivity contribution in [2.24, 2.45) is 0 Å². The predicted octanol–water partition coefficient (Wildman–Crippen LogP) is 3.21. The summed E-state index contributed by atoms with van der Waals surface area (Å²) in [5, 5.41) is 10.7.